The molecule has 1 unspecified atom stereocenters. The monoisotopic (exact) mass is 277 g/mol. The predicted octanol–water partition coefficient (Wildman–Crippen LogP) is 3.60. The first-order valence-corrected chi connectivity index (χ1v) is 7.10. The number of likely N-dealkylation sites (N-methyl/N-ethyl adjacent to an activating group) is 1. The van der Waals surface area contributed by atoms with Gasteiger partial charge in [-0.3, -0.25) is 4.79 Å². The summed E-state index contributed by atoms with van der Waals surface area (Å²) in [5, 5.41) is 3.94. The third-order valence-electron chi connectivity index (χ3n) is 3.31. The Bertz CT molecular complexity index is 594. The van der Waals surface area contributed by atoms with Crippen LogP contribution in [0, 0.1) is 0 Å². The SMILES string of the molecule is CN1C(=O)Cc2cc(C(Cl)c3ccsc3)ccc21. The molecular formula is C14H12ClNOS. The normalized spacial score (nSPS) is 15.9. The molecule has 2 heterocycles. The molecule has 0 saturated carbocycles. The Hall–Kier alpha value is -1.32. The van der Waals surface area contributed by atoms with Crippen LogP contribution in [-0.2, 0) is 11.2 Å². The standard InChI is InChI=1S/C14H12ClNOS/c1-16-12-3-2-9(6-11(12)7-13(16)17)14(15)10-4-5-18-8-10/h2-6,8,14H,7H2,1H3. The number of halogens is 1. The third-order valence-corrected chi connectivity index (χ3v) is 4.51. The summed E-state index contributed by atoms with van der Waals surface area (Å²) in [7, 11) is 1.81. The van der Waals surface area contributed by atoms with Crippen LogP contribution in [-0.4, -0.2) is 13.0 Å². The molecule has 18 heavy (non-hydrogen) atoms. The lowest BCUT2D eigenvalue weighted by Gasteiger charge is -2.12. The van der Waals surface area contributed by atoms with Gasteiger partial charge < -0.3 is 4.90 Å². The number of hydrogen-bond acceptors (Lipinski definition) is 2. The molecule has 0 N–H and O–H groups in total. The number of rotatable bonds is 2. The van der Waals surface area contributed by atoms with E-state index < -0.39 is 0 Å². The number of nitrogens with zero attached hydrogens (tertiary/aromatic N) is 1. The van der Waals surface area contributed by atoms with Crippen LogP contribution in [0.3, 0.4) is 0 Å². The molecule has 2 nitrogen and oxygen atoms in total. The number of benzene rings is 1. The van der Waals surface area contributed by atoms with Crippen molar-refractivity contribution in [3.05, 3.63) is 51.7 Å². The van der Waals surface area contributed by atoms with Crippen molar-refractivity contribution in [3.8, 4) is 0 Å². The smallest absolute Gasteiger partial charge is 0.231 e. The molecule has 2 aromatic rings. The largest absolute Gasteiger partial charge is 0.315 e. The molecule has 4 heteroatoms. The molecule has 1 aromatic carbocycles. The molecule has 0 radical (unpaired) electrons. The molecule has 92 valence electrons. The second-order valence-corrected chi connectivity index (χ2v) is 5.65. The second-order valence-electron chi connectivity index (χ2n) is 4.44. The Balaban J connectivity index is 1.97. The van der Waals surface area contributed by atoms with E-state index in [9.17, 15) is 4.79 Å². The van der Waals surface area contributed by atoms with Crippen molar-refractivity contribution in [2.45, 2.75) is 11.8 Å². The fourth-order valence-electron chi connectivity index (χ4n) is 2.26. The van der Waals surface area contributed by atoms with Crippen LogP contribution in [0.4, 0.5) is 5.69 Å². The lowest BCUT2D eigenvalue weighted by atomic mass is 10.0. The first-order chi connectivity index (χ1) is 8.66. The summed E-state index contributed by atoms with van der Waals surface area (Å²) in [5.41, 5.74) is 4.23. The van der Waals surface area contributed by atoms with E-state index in [4.69, 9.17) is 11.6 Å². The highest BCUT2D eigenvalue weighted by atomic mass is 35.5. The summed E-state index contributed by atoms with van der Waals surface area (Å²) >= 11 is 8.10. The summed E-state index contributed by atoms with van der Waals surface area (Å²) < 4.78 is 0. The summed E-state index contributed by atoms with van der Waals surface area (Å²) in [5.74, 6) is 0.142. The van der Waals surface area contributed by atoms with E-state index in [1.165, 1.54) is 0 Å². The van der Waals surface area contributed by atoms with Crippen molar-refractivity contribution in [1.82, 2.24) is 0 Å². The van der Waals surface area contributed by atoms with Gasteiger partial charge in [-0.15, -0.1) is 11.6 Å². The molecule has 0 aliphatic carbocycles. The Kier molecular flexibility index (Phi) is 2.88. The zero-order chi connectivity index (χ0) is 12.7. The molecule has 1 aromatic heterocycles. The summed E-state index contributed by atoms with van der Waals surface area (Å²) in [6.07, 6.45) is 0.479. The third kappa shape index (κ3) is 1.84. The predicted molar refractivity (Wildman–Crippen MR) is 75.6 cm³/mol. The first kappa shape index (κ1) is 11.8. The maximum absolute atomic E-state index is 11.6. The zero-order valence-corrected chi connectivity index (χ0v) is 11.5. The summed E-state index contributed by atoms with van der Waals surface area (Å²) in [6.45, 7) is 0. The Morgan fingerprint density at radius 1 is 1.33 bits per heavy atom. The van der Waals surface area contributed by atoms with Gasteiger partial charge in [-0.2, -0.15) is 11.3 Å². The van der Waals surface area contributed by atoms with Gasteiger partial charge in [0, 0.05) is 12.7 Å². The van der Waals surface area contributed by atoms with Crippen molar-refractivity contribution < 1.29 is 4.79 Å². The number of carbonyl (C=O) groups excluding carboxylic acids is 1. The molecule has 1 aliphatic heterocycles. The van der Waals surface area contributed by atoms with E-state index >= 15 is 0 Å². The topological polar surface area (TPSA) is 20.3 Å². The number of anilines is 1. The minimum atomic E-state index is -0.137. The Labute approximate surface area is 115 Å². The maximum Gasteiger partial charge on any atom is 0.231 e. The van der Waals surface area contributed by atoms with E-state index in [1.54, 1.807) is 16.2 Å². The molecule has 1 amide bonds. The van der Waals surface area contributed by atoms with Crippen molar-refractivity contribution in [3.63, 3.8) is 0 Å². The van der Waals surface area contributed by atoms with Gasteiger partial charge in [0.15, 0.2) is 0 Å². The average molecular weight is 278 g/mol. The van der Waals surface area contributed by atoms with Crippen LogP contribution >= 0.6 is 22.9 Å². The fourth-order valence-corrected chi connectivity index (χ4v) is 3.29. The van der Waals surface area contributed by atoms with E-state index in [1.807, 2.05) is 36.7 Å². The molecular weight excluding hydrogens is 266 g/mol. The summed E-state index contributed by atoms with van der Waals surface area (Å²) in [6, 6.07) is 8.07. The molecule has 0 bridgehead atoms. The lowest BCUT2D eigenvalue weighted by Crippen LogP contribution is -2.20. The highest BCUT2D eigenvalue weighted by molar-refractivity contribution is 7.08. The van der Waals surface area contributed by atoms with Crippen LogP contribution in [0.15, 0.2) is 35.0 Å². The Morgan fingerprint density at radius 2 is 2.17 bits per heavy atom. The molecule has 0 saturated heterocycles. The van der Waals surface area contributed by atoms with Crippen LogP contribution in [0.5, 0.6) is 0 Å². The van der Waals surface area contributed by atoms with Gasteiger partial charge in [0.05, 0.1) is 11.8 Å². The number of carbonyl (C=O) groups is 1. The van der Waals surface area contributed by atoms with E-state index in [0.29, 0.717) is 6.42 Å². The first-order valence-electron chi connectivity index (χ1n) is 5.72. The van der Waals surface area contributed by atoms with Crippen LogP contribution in [0.2, 0.25) is 0 Å². The minimum absolute atomic E-state index is 0.137. The maximum atomic E-state index is 11.6. The highest BCUT2D eigenvalue weighted by Crippen LogP contribution is 2.35. The van der Waals surface area contributed by atoms with E-state index in [0.717, 1.165) is 22.4 Å². The number of alkyl halides is 1. The van der Waals surface area contributed by atoms with Gasteiger partial charge in [0.2, 0.25) is 5.91 Å². The van der Waals surface area contributed by atoms with E-state index in [-0.39, 0.29) is 11.3 Å². The molecule has 0 fully saturated rings. The Morgan fingerprint density at radius 3 is 2.89 bits per heavy atom. The number of thiophene rings is 1. The fraction of sp³-hybridized carbons (Fsp3) is 0.214. The zero-order valence-electron chi connectivity index (χ0n) is 9.89. The van der Waals surface area contributed by atoms with Gasteiger partial charge in [0.25, 0.3) is 0 Å². The minimum Gasteiger partial charge on any atom is -0.315 e. The number of hydrogen-bond donors (Lipinski definition) is 0. The molecule has 1 aliphatic rings. The van der Waals surface area contributed by atoms with Gasteiger partial charge in [-0.1, -0.05) is 12.1 Å². The summed E-state index contributed by atoms with van der Waals surface area (Å²) in [4.78, 5) is 13.3. The van der Waals surface area contributed by atoms with Gasteiger partial charge >= 0.3 is 0 Å². The van der Waals surface area contributed by atoms with Gasteiger partial charge in [0.1, 0.15) is 0 Å². The quantitative estimate of drug-likeness (QED) is 0.768. The second kappa shape index (κ2) is 4.41. The lowest BCUT2D eigenvalue weighted by molar-refractivity contribution is -0.117. The molecule has 3 rings (SSSR count). The number of fused-ring (bicyclic) bond motifs is 1. The molecule has 1 atom stereocenters. The average Bonchev–Trinajstić information content (AvgIpc) is 2.98. The van der Waals surface area contributed by atoms with Crippen LogP contribution < -0.4 is 4.90 Å². The van der Waals surface area contributed by atoms with Crippen molar-refractivity contribution in [2.24, 2.45) is 0 Å². The van der Waals surface area contributed by atoms with E-state index in [2.05, 4.69) is 5.38 Å². The highest BCUT2D eigenvalue weighted by Gasteiger charge is 2.25. The van der Waals surface area contributed by atoms with Gasteiger partial charge in [-0.25, -0.2) is 0 Å². The van der Waals surface area contributed by atoms with Crippen molar-refractivity contribution in [1.29, 1.82) is 0 Å². The van der Waals surface area contributed by atoms with Crippen LogP contribution in [0.1, 0.15) is 22.1 Å². The number of amides is 1. The molecule has 0 spiro atoms. The van der Waals surface area contributed by atoms with Crippen molar-refractivity contribution >= 4 is 34.5 Å². The van der Waals surface area contributed by atoms with Gasteiger partial charge in [-0.05, 0) is 39.6 Å². The van der Waals surface area contributed by atoms with Crippen molar-refractivity contribution in [2.75, 3.05) is 11.9 Å². The van der Waals surface area contributed by atoms with Crippen LogP contribution in [0.25, 0.3) is 0 Å².